The van der Waals surface area contributed by atoms with Crippen LogP contribution in [0.2, 0.25) is 0 Å². The molecule has 3 N–H and O–H groups in total. The van der Waals surface area contributed by atoms with Crippen LogP contribution >= 0.6 is 0 Å². The largest absolute Gasteiger partial charge is 0.492 e. The molecule has 1 aromatic carbocycles. The molecule has 0 atom stereocenters. The Hall–Kier alpha value is -1.42. The van der Waals surface area contributed by atoms with Crippen molar-refractivity contribution in [2.24, 2.45) is 0 Å². The molecule has 1 rings (SSSR count). The van der Waals surface area contributed by atoms with E-state index < -0.39 is 0 Å². The van der Waals surface area contributed by atoms with Crippen LogP contribution in [-0.4, -0.2) is 26.4 Å². The Morgan fingerprint density at radius 2 is 2.06 bits per heavy atom. The van der Waals surface area contributed by atoms with Crippen molar-refractivity contribution in [3.8, 4) is 5.75 Å². The highest BCUT2D eigenvalue weighted by atomic mass is 16.5. The summed E-state index contributed by atoms with van der Waals surface area (Å²) >= 11 is 0. The van der Waals surface area contributed by atoms with Gasteiger partial charge in [-0.2, -0.15) is 0 Å². The molecule has 0 fully saturated rings. The first kappa shape index (κ1) is 14.6. The van der Waals surface area contributed by atoms with Crippen molar-refractivity contribution in [3.63, 3.8) is 0 Å². The Morgan fingerprint density at radius 1 is 1.22 bits per heavy atom. The van der Waals surface area contributed by atoms with Crippen LogP contribution < -0.4 is 15.8 Å². The molecule has 1 aromatic rings. The van der Waals surface area contributed by atoms with Crippen LogP contribution in [0, 0.1) is 0 Å². The zero-order valence-corrected chi connectivity index (χ0v) is 11.4. The topological polar surface area (TPSA) is 56.5 Å². The van der Waals surface area contributed by atoms with Gasteiger partial charge in [0.15, 0.2) is 0 Å². The number of rotatable bonds is 9. The van der Waals surface area contributed by atoms with Gasteiger partial charge in [0.2, 0.25) is 0 Å². The fourth-order valence-corrected chi connectivity index (χ4v) is 1.58. The second kappa shape index (κ2) is 8.64. The van der Waals surface area contributed by atoms with E-state index >= 15 is 0 Å². The van der Waals surface area contributed by atoms with E-state index in [1.807, 2.05) is 25.1 Å². The smallest absolute Gasteiger partial charge is 0.144 e. The molecule has 0 aliphatic rings. The van der Waals surface area contributed by atoms with Crippen molar-refractivity contribution in [2.75, 3.05) is 37.4 Å². The van der Waals surface area contributed by atoms with Crippen LogP contribution in [0.4, 0.5) is 11.4 Å². The minimum atomic E-state index is 0.624. The van der Waals surface area contributed by atoms with Crippen LogP contribution in [-0.2, 0) is 4.74 Å². The Balaban J connectivity index is 2.31. The molecule has 0 radical (unpaired) electrons. The molecule has 0 unspecified atom stereocenters. The van der Waals surface area contributed by atoms with E-state index in [9.17, 15) is 0 Å². The third kappa shape index (κ3) is 5.27. The van der Waals surface area contributed by atoms with Gasteiger partial charge in [-0.15, -0.1) is 0 Å². The third-order valence-corrected chi connectivity index (χ3v) is 2.46. The maximum absolute atomic E-state index is 5.81. The van der Waals surface area contributed by atoms with E-state index in [4.69, 9.17) is 15.2 Å². The van der Waals surface area contributed by atoms with Crippen LogP contribution in [0.15, 0.2) is 18.2 Å². The van der Waals surface area contributed by atoms with Gasteiger partial charge < -0.3 is 20.5 Å². The molecule has 4 heteroatoms. The van der Waals surface area contributed by atoms with Gasteiger partial charge in [0.25, 0.3) is 0 Å². The lowest BCUT2D eigenvalue weighted by Gasteiger charge is -2.11. The summed E-state index contributed by atoms with van der Waals surface area (Å²) in [7, 11) is 0. The Kier molecular flexibility index (Phi) is 7.03. The number of hydrogen-bond acceptors (Lipinski definition) is 4. The number of nitrogens with two attached hydrogens (primary N) is 1. The summed E-state index contributed by atoms with van der Waals surface area (Å²) < 4.78 is 10.9. The van der Waals surface area contributed by atoms with Crippen molar-refractivity contribution >= 4 is 11.4 Å². The first-order valence-electron chi connectivity index (χ1n) is 6.61. The Morgan fingerprint density at radius 3 is 2.78 bits per heavy atom. The first-order chi connectivity index (χ1) is 8.77. The number of nitrogen functional groups attached to an aromatic ring is 1. The molecule has 0 saturated heterocycles. The summed E-state index contributed by atoms with van der Waals surface area (Å²) in [4.78, 5) is 0. The predicted octanol–water partition coefficient (Wildman–Crippen LogP) is 2.90. The monoisotopic (exact) mass is 252 g/mol. The fraction of sp³-hybridized carbons (Fsp3) is 0.571. The second-order valence-corrected chi connectivity index (χ2v) is 4.08. The standard InChI is InChI=1S/C14H24N2O2/c1-3-9-17-10-5-8-16-12-6-7-13(15)14(11-12)18-4-2/h6-7,11,16H,3-5,8-10,15H2,1-2H3. The average Bonchev–Trinajstić information content (AvgIpc) is 2.37. The first-order valence-corrected chi connectivity index (χ1v) is 6.61. The number of ether oxygens (including phenoxy) is 2. The highest BCUT2D eigenvalue weighted by Gasteiger charge is 2.01. The van der Waals surface area contributed by atoms with Gasteiger partial charge >= 0.3 is 0 Å². The quantitative estimate of drug-likeness (QED) is 0.524. The molecule has 0 bridgehead atoms. The maximum Gasteiger partial charge on any atom is 0.144 e. The van der Waals surface area contributed by atoms with Crippen LogP contribution in [0.1, 0.15) is 26.7 Å². The fourth-order valence-electron chi connectivity index (χ4n) is 1.58. The molecule has 0 saturated carbocycles. The lowest BCUT2D eigenvalue weighted by Crippen LogP contribution is -2.06. The van der Waals surface area contributed by atoms with Gasteiger partial charge in [0.05, 0.1) is 12.3 Å². The third-order valence-electron chi connectivity index (χ3n) is 2.46. The van der Waals surface area contributed by atoms with E-state index in [0.717, 1.165) is 44.0 Å². The summed E-state index contributed by atoms with van der Waals surface area (Å²) in [5, 5.41) is 3.33. The number of benzene rings is 1. The molecule has 0 aromatic heterocycles. The Bertz CT molecular complexity index is 343. The van der Waals surface area contributed by atoms with E-state index in [2.05, 4.69) is 12.2 Å². The van der Waals surface area contributed by atoms with Crippen molar-refractivity contribution in [1.82, 2.24) is 0 Å². The minimum absolute atomic E-state index is 0.624. The molecule has 18 heavy (non-hydrogen) atoms. The van der Waals surface area contributed by atoms with Crippen molar-refractivity contribution in [1.29, 1.82) is 0 Å². The summed E-state index contributed by atoms with van der Waals surface area (Å²) in [6, 6.07) is 5.76. The summed E-state index contributed by atoms with van der Waals surface area (Å²) in [6.07, 6.45) is 2.07. The zero-order chi connectivity index (χ0) is 13.2. The maximum atomic E-state index is 5.81. The van der Waals surface area contributed by atoms with Gasteiger partial charge in [-0.05, 0) is 31.9 Å². The average molecular weight is 252 g/mol. The molecule has 0 amide bonds. The highest BCUT2D eigenvalue weighted by molar-refractivity contribution is 5.61. The SMILES string of the molecule is CCCOCCCNc1ccc(N)c(OCC)c1. The molecular weight excluding hydrogens is 228 g/mol. The van der Waals surface area contributed by atoms with Gasteiger partial charge in [0.1, 0.15) is 5.75 Å². The lowest BCUT2D eigenvalue weighted by molar-refractivity contribution is 0.134. The van der Waals surface area contributed by atoms with Crippen molar-refractivity contribution < 1.29 is 9.47 Å². The molecule has 0 aliphatic heterocycles. The van der Waals surface area contributed by atoms with Crippen LogP contribution in [0.25, 0.3) is 0 Å². The summed E-state index contributed by atoms with van der Waals surface area (Å²) in [5.41, 5.74) is 7.52. The minimum Gasteiger partial charge on any atom is -0.492 e. The number of anilines is 2. The summed E-state index contributed by atoms with van der Waals surface area (Å²) in [6.45, 7) is 7.22. The number of nitrogens with one attached hydrogen (secondary N) is 1. The lowest BCUT2D eigenvalue weighted by atomic mass is 10.2. The van der Waals surface area contributed by atoms with Gasteiger partial charge in [0, 0.05) is 31.5 Å². The van der Waals surface area contributed by atoms with E-state index in [0.29, 0.717) is 12.3 Å². The Labute approximate surface area is 109 Å². The molecule has 0 aliphatic carbocycles. The highest BCUT2D eigenvalue weighted by Crippen LogP contribution is 2.25. The molecule has 4 nitrogen and oxygen atoms in total. The molecular formula is C14H24N2O2. The molecule has 0 heterocycles. The van der Waals surface area contributed by atoms with Crippen LogP contribution in [0.5, 0.6) is 5.75 Å². The van der Waals surface area contributed by atoms with Crippen molar-refractivity contribution in [2.45, 2.75) is 26.7 Å². The van der Waals surface area contributed by atoms with Crippen molar-refractivity contribution in [3.05, 3.63) is 18.2 Å². The summed E-state index contributed by atoms with van der Waals surface area (Å²) in [5.74, 6) is 0.740. The second-order valence-electron chi connectivity index (χ2n) is 4.08. The van der Waals surface area contributed by atoms with E-state index in [-0.39, 0.29) is 0 Å². The normalized spacial score (nSPS) is 10.3. The molecule has 102 valence electrons. The molecule has 0 spiro atoms. The predicted molar refractivity (Wildman–Crippen MR) is 76.2 cm³/mol. The van der Waals surface area contributed by atoms with E-state index in [1.165, 1.54) is 0 Å². The van der Waals surface area contributed by atoms with E-state index in [1.54, 1.807) is 0 Å². The van der Waals surface area contributed by atoms with Gasteiger partial charge in [-0.1, -0.05) is 6.92 Å². The van der Waals surface area contributed by atoms with Gasteiger partial charge in [-0.3, -0.25) is 0 Å². The van der Waals surface area contributed by atoms with Crippen LogP contribution in [0.3, 0.4) is 0 Å². The van der Waals surface area contributed by atoms with Gasteiger partial charge in [-0.25, -0.2) is 0 Å². The number of hydrogen-bond donors (Lipinski definition) is 2. The zero-order valence-electron chi connectivity index (χ0n) is 11.4.